The quantitative estimate of drug-likeness (QED) is 0.600. The van der Waals surface area contributed by atoms with Gasteiger partial charge in [0.05, 0.1) is 12.6 Å². The second-order valence-electron chi connectivity index (χ2n) is 4.67. The van der Waals surface area contributed by atoms with E-state index >= 15 is 0 Å². The predicted octanol–water partition coefficient (Wildman–Crippen LogP) is 2.62. The molecule has 1 heterocycles. The van der Waals surface area contributed by atoms with Gasteiger partial charge in [0.2, 0.25) is 0 Å². The molecule has 2 aromatic rings. The van der Waals surface area contributed by atoms with E-state index in [-0.39, 0.29) is 6.04 Å². The zero-order valence-electron chi connectivity index (χ0n) is 11.8. The van der Waals surface area contributed by atoms with Crippen molar-refractivity contribution in [1.29, 1.82) is 0 Å². The van der Waals surface area contributed by atoms with Gasteiger partial charge in [-0.25, -0.2) is 0 Å². The Labute approximate surface area is 120 Å². The smallest absolute Gasteiger partial charge is 0.119 e. The number of nitrogens with two attached hydrogens (primary N) is 1. The van der Waals surface area contributed by atoms with Gasteiger partial charge >= 0.3 is 0 Å². The van der Waals surface area contributed by atoms with Gasteiger partial charge in [0, 0.05) is 18.3 Å². The first-order valence-corrected chi connectivity index (χ1v) is 6.92. The summed E-state index contributed by atoms with van der Waals surface area (Å²) >= 11 is 0. The molecule has 0 aliphatic rings. The lowest BCUT2D eigenvalue weighted by atomic mass is 10.0. The molecule has 4 heteroatoms. The van der Waals surface area contributed by atoms with E-state index in [1.807, 2.05) is 42.5 Å². The molecular formula is C16H21N3O. The van der Waals surface area contributed by atoms with Crippen molar-refractivity contribution in [2.45, 2.75) is 25.8 Å². The summed E-state index contributed by atoms with van der Waals surface area (Å²) in [6, 6.07) is 14.0. The highest BCUT2D eigenvalue weighted by molar-refractivity contribution is 5.31. The SMILES string of the molecule is CCCOc1cccc(C(Cc2ccccn2)NN)c1. The number of nitrogens with one attached hydrogen (secondary N) is 1. The third-order valence-electron chi connectivity index (χ3n) is 3.07. The maximum atomic E-state index is 5.68. The van der Waals surface area contributed by atoms with E-state index in [0.717, 1.165) is 36.5 Å². The maximum Gasteiger partial charge on any atom is 0.119 e. The van der Waals surface area contributed by atoms with Gasteiger partial charge in [-0.2, -0.15) is 0 Å². The molecule has 1 aromatic heterocycles. The molecule has 1 atom stereocenters. The second kappa shape index (κ2) is 7.62. The molecule has 0 aliphatic carbocycles. The monoisotopic (exact) mass is 271 g/mol. The Balaban J connectivity index is 2.10. The van der Waals surface area contributed by atoms with Crippen molar-refractivity contribution in [1.82, 2.24) is 10.4 Å². The summed E-state index contributed by atoms with van der Waals surface area (Å²) in [6.45, 7) is 2.82. The van der Waals surface area contributed by atoms with E-state index in [1.165, 1.54) is 0 Å². The summed E-state index contributed by atoms with van der Waals surface area (Å²) in [6.07, 6.45) is 3.54. The van der Waals surface area contributed by atoms with E-state index in [1.54, 1.807) is 6.20 Å². The molecule has 106 valence electrons. The van der Waals surface area contributed by atoms with Crippen LogP contribution < -0.4 is 16.0 Å². The molecule has 20 heavy (non-hydrogen) atoms. The Morgan fingerprint density at radius 3 is 2.85 bits per heavy atom. The zero-order valence-corrected chi connectivity index (χ0v) is 11.8. The van der Waals surface area contributed by atoms with Crippen LogP contribution in [0.2, 0.25) is 0 Å². The van der Waals surface area contributed by atoms with E-state index in [2.05, 4.69) is 17.3 Å². The first kappa shape index (κ1) is 14.5. The average molecular weight is 271 g/mol. The van der Waals surface area contributed by atoms with Crippen LogP contribution >= 0.6 is 0 Å². The van der Waals surface area contributed by atoms with Crippen LogP contribution in [-0.4, -0.2) is 11.6 Å². The fourth-order valence-corrected chi connectivity index (χ4v) is 2.04. The highest BCUT2D eigenvalue weighted by Gasteiger charge is 2.12. The van der Waals surface area contributed by atoms with Gasteiger partial charge in [-0.1, -0.05) is 25.1 Å². The van der Waals surface area contributed by atoms with E-state index in [0.29, 0.717) is 0 Å². The minimum absolute atomic E-state index is 0.0232. The molecule has 1 aromatic carbocycles. The first-order chi connectivity index (χ1) is 9.83. The summed E-state index contributed by atoms with van der Waals surface area (Å²) < 4.78 is 5.66. The third-order valence-corrected chi connectivity index (χ3v) is 3.07. The zero-order chi connectivity index (χ0) is 14.2. The largest absolute Gasteiger partial charge is 0.494 e. The van der Waals surface area contributed by atoms with Gasteiger partial charge in [0.25, 0.3) is 0 Å². The molecular weight excluding hydrogens is 250 g/mol. The molecule has 3 N–H and O–H groups in total. The molecule has 4 nitrogen and oxygen atoms in total. The number of aromatic nitrogens is 1. The fraction of sp³-hybridized carbons (Fsp3) is 0.312. The highest BCUT2D eigenvalue weighted by atomic mass is 16.5. The summed E-state index contributed by atoms with van der Waals surface area (Å²) in [4.78, 5) is 4.34. The molecule has 1 unspecified atom stereocenters. The van der Waals surface area contributed by atoms with Gasteiger partial charge in [-0.15, -0.1) is 0 Å². The molecule has 2 rings (SSSR count). The van der Waals surface area contributed by atoms with Crippen molar-refractivity contribution in [2.75, 3.05) is 6.61 Å². The van der Waals surface area contributed by atoms with Crippen LogP contribution in [0.1, 0.15) is 30.6 Å². The van der Waals surface area contributed by atoms with Gasteiger partial charge in [0.1, 0.15) is 5.75 Å². The van der Waals surface area contributed by atoms with E-state index in [4.69, 9.17) is 10.6 Å². The van der Waals surface area contributed by atoms with Crippen molar-refractivity contribution in [3.8, 4) is 5.75 Å². The fourth-order valence-electron chi connectivity index (χ4n) is 2.04. The van der Waals surface area contributed by atoms with Crippen LogP contribution in [0.15, 0.2) is 48.7 Å². The number of benzene rings is 1. The Morgan fingerprint density at radius 1 is 1.25 bits per heavy atom. The highest BCUT2D eigenvalue weighted by Crippen LogP contribution is 2.21. The van der Waals surface area contributed by atoms with Gasteiger partial charge in [-0.3, -0.25) is 16.3 Å². The lowest BCUT2D eigenvalue weighted by Crippen LogP contribution is -2.29. The normalized spacial score (nSPS) is 12.1. The van der Waals surface area contributed by atoms with Crippen LogP contribution in [0.25, 0.3) is 0 Å². The lowest BCUT2D eigenvalue weighted by molar-refractivity contribution is 0.316. The van der Waals surface area contributed by atoms with Crippen LogP contribution in [0, 0.1) is 0 Å². The average Bonchev–Trinajstić information content (AvgIpc) is 2.52. The van der Waals surface area contributed by atoms with Crippen LogP contribution in [0.5, 0.6) is 5.75 Å². The van der Waals surface area contributed by atoms with Gasteiger partial charge in [0.15, 0.2) is 0 Å². The van der Waals surface area contributed by atoms with Gasteiger partial charge in [-0.05, 0) is 36.2 Å². The molecule has 0 spiro atoms. The first-order valence-electron chi connectivity index (χ1n) is 6.92. The number of nitrogens with zero attached hydrogens (tertiary/aromatic N) is 1. The number of hydrogen-bond acceptors (Lipinski definition) is 4. The van der Waals surface area contributed by atoms with Crippen molar-refractivity contribution in [3.63, 3.8) is 0 Å². The van der Waals surface area contributed by atoms with E-state index in [9.17, 15) is 0 Å². The molecule has 0 saturated carbocycles. The molecule has 0 radical (unpaired) electrons. The van der Waals surface area contributed by atoms with Crippen LogP contribution in [0.4, 0.5) is 0 Å². The molecule has 0 aliphatic heterocycles. The summed E-state index contributed by atoms with van der Waals surface area (Å²) in [7, 11) is 0. The predicted molar refractivity (Wildman–Crippen MR) is 80.2 cm³/mol. The summed E-state index contributed by atoms with van der Waals surface area (Å²) in [5.41, 5.74) is 4.97. The Bertz CT molecular complexity index is 516. The van der Waals surface area contributed by atoms with Crippen molar-refractivity contribution in [3.05, 3.63) is 59.9 Å². The number of ether oxygens (including phenoxy) is 1. The summed E-state index contributed by atoms with van der Waals surface area (Å²) in [5.74, 6) is 6.56. The standard InChI is InChI=1S/C16H21N3O/c1-2-10-20-15-8-5-6-13(11-15)16(19-17)12-14-7-3-4-9-18-14/h3-9,11,16,19H,2,10,12,17H2,1H3. The number of hydrazine groups is 1. The number of rotatable bonds is 7. The minimum atomic E-state index is 0.0232. The van der Waals surface area contributed by atoms with Crippen molar-refractivity contribution in [2.24, 2.45) is 5.84 Å². The topological polar surface area (TPSA) is 60.2 Å². The molecule has 0 saturated heterocycles. The Morgan fingerprint density at radius 2 is 2.15 bits per heavy atom. The molecule has 0 amide bonds. The third kappa shape index (κ3) is 4.05. The molecule has 0 bridgehead atoms. The molecule has 0 fully saturated rings. The van der Waals surface area contributed by atoms with Crippen molar-refractivity contribution >= 4 is 0 Å². The minimum Gasteiger partial charge on any atom is -0.494 e. The van der Waals surface area contributed by atoms with Gasteiger partial charge < -0.3 is 4.74 Å². The lowest BCUT2D eigenvalue weighted by Gasteiger charge is -2.17. The van der Waals surface area contributed by atoms with Crippen LogP contribution in [-0.2, 0) is 6.42 Å². The Kier molecular flexibility index (Phi) is 5.53. The maximum absolute atomic E-state index is 5.68. The second-order valence-corrected chi connectivity index (χ2v) is 4.67. The number of hydrogen-bond donors (Lipinski definition) is 2. The Hall–Kier alpha value is -1.91. The van der Waals surface area contributed by atoms with E-state index < -0.39 is 0 Å². The van der Waals surface area contributed by atoms with Crippen LogP contribution in [0.3, 0.4) is 0 Å². The van der Waals surface area contributed by atoms with Crippen molar-refractivity contribution < 1.29 is 4.74 Å². The summed E-state index contributed by atoms with van der Waals surface area (Å²) in [5, 5.41) is 0. The number of pyridine rings is 1.